The smallest absolute Gasteiger partial charge is 0.339 e. The summed E-state index contributed by atoms with van der Waals surface area (Å²) in [6, 6.07) is 14.3. The predicted molar refractivity (Wildman–Crippen MR) is 103 cm³/mol. The van der Waals surface area contributed by atoms with Gasteiger partial charge >= 0.3 is 11.7 Å². The largest absolute Gasteiger partial charge is 0.465 e. The van der Waals surface area contributed by atoms with Crippen LogP contribution in [-0.2, 0) is 4.74 Å². The van der Waals surface area contributed by atoms with E-state index in [2.05, 4.69) is 14.7 Å². The molecule has 3 aromatic heterocycles. The molecule has 3 heterocycles. The lowest BCUT2D eigenvalue weighted by atomic mass is 10.2. The molecule has 0 aliphatic heterocycles. The van der Waals surface area contributed by atoms with Crippen molar-refractivity contribution in [1.29, 1.82) is 0 Å². The van der Waals surface area contributed by atoms with Crippen LogP contribution >= 0.6 is 11.3 Å². The van der Waals surface area contributed by atoms with Gasteiger partial charge < -0.3 is 9.72 Å². The van der Waals surface area contributed by atoms with Gasteiger partial charge in [-0.3, -0.25) is 4.79 Å². The number of rotatable bonds is 3. The summed E-state index contributed by atoms with van der Waals surface area (Å²) in [7, 11) is 1.26. The first-order chi connectivity index (χ1) is 13.1. The van der Waals surface area contributed by atoms with Crippen LogP contribution in [-0.4, -0.2) is 27.6 Å². The lowest BCUT2D eigenvalue weighted by Crippen LogP contribution is -2.33. The highest BCUT2D eigenvalue weighted by molar-refractivity contribution is 7.22. The quantitative estimate of drug-likeness (QED) is 0.552. The third kappa shape index (κ3) is 2.96. The molecule has 0 fully saturated rings. The van der Waals surface area contributed by atoms with E-state index in [1.54, 1.807) is 6.07 Å². The Balaban J connectivity index is 1.86. The first-order valence-electron chi connectivity index (χ1n) is 7.97. The van der Waals surface area contributed by atoms with Crippen molar-refractivity contribution in [2.45, 2.75) is 0 Å². The van der Waals surface area contributed by atoms with Gasteiger partial charge in [0, 0.05) is 11.1 Å². The number of esters is 1. The third-order valence-corrected chi connectivity index (χ3v) is 5.20. The van der Waals surface area contributed by atoms with Crippen molar-refractivity contribution < 1.29 is 9.53 Å². The summed E-state index contributed by atoms with van der Waals surface area (Å²) in [6.45, 7) is 0. The van der Waals surface area contributed by atoms with Crippen LogP contribution in [0, 0.1) is 0 Å². The number of nitrogens with one attached hydrogen (secondary N) is 1. The molecule has 0 radical (unpaired) electrons. The van der Waals surface area contributed by atoms with Gasteiger partial charge in [0.2, 0.25) is 0 Å². The Kier molecular flexibility index (Phi) is 4.17. The van der Waals surface area contributed by atoms with Crippen molar-refractivity contribution in [1.82, 2.24) is 14.5 Å². The minimum atomic E-state index is -0.594. The number of fused-ring (bicyclic) bond motifs is 1. The summed E-state index contributed by atoms with van der Waals surface area (Å²) >= 11 is 1.30. The van der Waals surface area contributed by atoms with Crippen molar-refractivity contribution in [3.63, 3.8) is 0 Å². The monoisotopic (exact) mass is 379 g/mol. The number of H-pyrrole nitrogens is 1. The highest BCUT2D eigenvalue weighted by atomic mass is 32.1. The number of carbonyl (C=O) groups excluding carboxylic acids is 1. The van der Waals surface area contributed by atoms with Gasteiger partial charge in [-0.15, -0.1) is 11.3 Å². The summed E-state index contributed by atoms with van der Waals surface area (Å²) < 4.78 is 5.99. The zero-order valence-electron chi connectivity index (χ0n) is 14.1. The number of benzene rings is 1. The average molecular weight is 379 g/mol. The lowest BCUT2D eigenvalue weighted by molar-refractivity contribution is 0.0600. The molecular formula is C19H13N3O4S. The summed E-state index contributed by atoms with van der Waals surface area (Å²) in [4.78, 5) is 44.5. The molecule has 27 heavy (non-hydrogen) atoms. The Morgan fingerprint density at radius 2 is 1.93 bits per heavy atom. The Bertz CT molecular complexity index is 1250. The Labute approximate surface area is 156 Å². The van der Waals surface area contributed by atoms with E-state index >= 15 is 0 Å². The number of methoxy groups -OCH3 is 1. The number of aromatic nitrogens is 3. The molecular weight excluding hydrogens is 366 g/mol. The van der Waals surface area contributed by atoms with Gasteiger partial charge in [-0.1, -0.05) is 30.3 Å². The molecule has 4 aromatic rings. The topological polar surface area (TPSA) is 94.0 Å². The molecule has 0 aliphatic rings. The van der Waals surface area contributed by atoms with Crippen molar-refractivity contribution in [2.75, 3.05) is 7.11 Å². The van der Waals surface area contributed by atoms with Gasteiger partial charge in [-0.25, -0.2) is 19.1 Å². The highest BCUT2D eigenvalue weighted by Crippen LogP contribution is 2.30. The Hall–Kier alpha value is -3.52. The molecule has 0 unspecified atom stereocenters. The van der Waals surface area contributed by atoms with Crippen molar-refractivity contribution >= 4 is 27.5 Å². The van der Waals surface area contributed by atoms with Gasteiger partial charge in [-0.05, 0) is 23.8 Å². The van der Waals surface area contributed by atoms with Crippen molar-refractivity contribution in [2.24, 2.45) is 0 Å². The van der Waals surface area contributed by atoms with Crippen LogP contribution in [0.4, 0.5) is 0 Å². The fraction of sp³-hybridized carbons (Fsp3) is 0.0526. The fourth-order valence-electron chi connectivity index (χ4n) is 2.72. The number of ether oxygens (including phenoxy) is 1. The molecule has 0 aliphatic carbocycles. The SMILES string of the molecule is COC(=O)c1ccc(-n2c(=O)[nH]c3cc(-c4ccccc4)sc3c2=O)nc1. The summed E-state index contributed by atoms with van der Waals surface area (Å²) in [5.41, 5.74) is 0.624. The Morgan fingerprint density at radius 3 is 2.59 bits per heavy atom. The fourth-order valence-corrected chi connectivity index (χ4v) is 3.77. The lowest BCUT2D eigenvalue weighted by Gasteiger charge is -2.04. The first-order valence-corrected chi connectivity index (χ1v) is 8.79. The molecule has 7 nitrogen and oxygen atoms in total. The second-order valence-corrected chi connectivity index (χ2v) is 6.74. The number of carbonyl (C=O) groups is 1. The van der Waals surface area contributed by atoms with Gasteiger partial charge in [0.15, 0.2) is 0 Å². The minimum Gasteiger partial charge on any atom is -0.465 e. The molecule has 4 rings (SSSR count). The third-order valence-electron chi connectivity index (χ3n) is 4.03. The van der Waals surface area contributed by atoms with Crippen LogP contribution in [0.1, 0.15) is 10.4 Å². The maximum absolute atomic E-state index is 12.9. The number of thiophene rings is 1. The second-order valence-electron chi connectivity index (χ2n) is 5.69. The van der Waals surface area contributed by atoms with Gasteiger partial charge in [0.05, 0.1) is 18.2 Å². The van der Waals surface area contributed by atoms with Crippen LogP contribution in [0.25, 0.3) is 26.5 Å². The van der Waals surface area contributed by atoms with E-state index in [1.165, 1.54) is 36.8 Å². The van der Waals surface area contributed by atoms with E-state index in [1.807, 2.05) is 30.3 Å². The molecule has 0 atom stereocenters. The minimum absolute atomic E-state index is 0.130. The summed E-state index contributed by atoms with van der Waals surface area (Å²) in [5.74, 6) is -0.415. The number of pyridine rings is 1. The molecule has 1 N–H and O–H groups in total. The maximum Gasteiger partial charge on any atom is 0.339 e. The molecule has 0 amide bonds. The van der Waals surface area contributed by atoms with Crippen molar-refractivity contribution in [3.8, 4) is 16.3 Å². The highest BCUT2D eigenvalue weighted by Gasteiger charge is 2.15. The van der Waals surface area contributed by atoms with Gasteiger partial charge in [-0.2, -0.15) is 0 Å². The number of hydrogen-bond donors (Lipinski definition) is 1. The molecule has 0 saturated heterocycles. The van der Waals surface area contributed by atoms with E-state index in [4.69, 9.17) is 0 Å². The number of aromatic amines is 1. The first kappa shape index (κ1) is 16.9. The maximum atomic E-state index is 12.9. The number of nitrogens with zero attached hydrogens (tertiary/aromatic N) is 2. The number of hydrogen-bond acceptors (Lipinski definition) is 6. The predicted octanol–water partition coefficient (Wildman–Crippen LogP) is 2.59. The summed E-state index contributed by atoms with van der Waals surface area (Å²) in [5, 5.41) is 0. The van der Waals surface area contributed by atoms with E-state index in [9.17, 15) is 14.4 Å². The average Bonchev–Trinajstić information content (AvgIpc) is 3.13. The van der Waals surface area contributed by atoms with Crippen LogP contribution < -0.4 is 11.2 Å². The molecule has 0 bridgehead atoms. The van der Waals surface area contributed by atoms with Crippen LogP contribution in [0.5, 0.6) is 0 Å². The molecule has 0 spiro atoms. The van der Waals surface area contributed by atoms with Gasteiger partial charge in [0.25, 0.3) is 5.56 Å². The second kappa shape index (κ2) is 6.65. The standard InChI is InChI=1S/C19H13N3O4S/c1-26-18(24)12-7-8-15(20-10-12)22-17(23)16-13(21-19(22)25)9-14(27-16)11-5-3-2-4-6-11/h2-10H,1H3,(H,21,25). The van der Waals surface area contributed by atoms with Crippen LogP contribution in [0.3, 0.4) is 0 Å². The molecule has 8 heteroatoms. The molecule has 134 valence electrons. The van der Waals surface area contributed by atoms with E-state index < -0.39 is 17.2 Å². The van der Waals surface area contributed by atoms with E-state index in [0.717, 1.165) is 15.0 Å². The van der Waals surface area contributed by atoms with Crippen molar-refractivity contribution in [3.05, 3.63) is 81.1 Å². The van der Waals surface area contributed by atoms with Crippen LogP contribution in [0.2, 0.25) is 0 Å². The van der Waals surface area contributed by atoms with Gasteiger partial charge in [0.1, 0.15) is 10.5 Å². The van der Waals surface area contributed by atoms with Crippen LogP contribution in [0.15, 0.2) is 64.3 Å². The normalized spacial score (nSPS) is 10.9. The Morgan fingerprint density at radius 1 is 1.15 bits per heavy atom. The zero-order valence-corrected chi connectivity index (χ0v) is 14.9. The molecule has 1 aromatic carbocycles. The van der Waals surface area contributed by atoms with E-state index in [-0.39, 0.29) is 11.4 Å². The van der Waals surface area contributed by atoms with E-state index in [0.29, 0.717) is 10.2 Å². The summed E-state index contributed by atoms with van der Waals surface area (Å²) in [6.07, 6.45) is 1.26. The zero-order chi connectivity index (χ0) is 19.0. The molecule has 0 saturated carbocycles.